The van der Waals surface area contributed by atoms with Gasteiger partial charge in [-0.15, -0.1) is 0 Å². The fourth-order valence-electron chi connectivity index (χ4n) is 4.22. The number of rotatable bonds is 4. The van der Waals surface area contributed by atoms with E-state index in [1.165, 1.54) is 0 Å². The highest BCUT2D eigenvalue weighted by Gasteiger charge is 2.32. The number of fused-ring (bicyclic) bond motifs is 1. The van der Waals surface area contributed by atoms with Crippen molar-refractivity contribution in [3.8, 4) is 22.6 Å². The predicted octanol–water partition coefficient (Wildman–Crippen LogP) is 2.34. The fourth-order valence-corrected chi connectivity index (χ4v) is 4.22. The first kappa shape index (κ1) is 20.3. The van der Waals surface area contributed by atoms with E-state index in [0.717, 1.165) is 23.2 Å². The summed E-state index contributed by atoms with van der Waals surface area (Å²) in [6.07, 6.45) is 6.49. The summed E-state index contributed by atoms with van der Waals surface area (Å²) in [5.74, 6) is 2.08. The minimum atomic E-state index is -0.00529. The number of hydrogen-bond donors (Lipinski definition) is 0. The summed E-state index contributed by atoms with van der Waals surface area (Å²) in [7, 11) is 5.74. The normalized spacial score (nSPS) is 17.5. The molecule has 4 heterocycles. The number of hydrogen-bond acceptors (Lipinski definition) is 7. The van der Waals surface area contributed by atoms with Crippen molar-refractivity contribution in [1.82, 2.24) is 24.6 Å². The van der Waals surface area contributed by atoms with Crippen LogP contribution < -0.4 is 14.4 Å². The molecule has 2 aliphatic heterocycles. The van der Waals surface area contributed by atoms with E-state index in [1.54, 1.807) is 16.8 Å². The minimum Gasteiger partial charge on any atom is -0.486 e. The maximum absolute atomic E-state index is 13.2. The third-order valence-electron chi connectivity index (χ3n) is 5.87. The quantitative estimate of drug-likeness (QED) is 0.623. The third-order valence-corrected chi connectivity index (χ3v) is 5.87. The number of ether oxygens (including phenoxy) is 2. The van der Waals surface area contributed by atoms with Crippen molar-refractivity contribution in [3.05, 3.63) is 48.0 Å². The van der Waals surface area contributed by atoms with Crippen LogP contribution in [0.2, 0.25) is 0 Å². The first-order valence-corrected chi connectivity index (χ1v) is 10.7. The predicted molar refractivity (Wildman–Crippen MR) is 119 cm³/mol. The monoisotopic (exact) mass is 434 g/mol. The minimum absolute atomic E-state index is 0.00529. The van der Waals surface area contributed by atoms with Crippen molar-refractivity contribution in [3.63, 3.8) is 0 Å². The van der Waals surface area contributed by atoms with Crippen molar-refractivity contribution >= 4 is 11.9 Å². The summed E-state index contributed by atoms with van der Waals surface area (Å²) in [4.78, 5) is 26.4. The SMILES string of the molecule is CN(C)c1ncc(-c2cnn(C)c2)c(C2CCN(C(=O)c3ccc4c(c3)OCCO4)C2)n1. The van der Waals surface area contributed by atoms with Crippen molar-refractivity contribution in [2.75, 3.05) is 45.3 Å². The molecule has 5 rings (SSSR count). The third kappa shape index (κ3) is 3.74. The van der Waals surface area contributed by atoms with Crippen LogP contribution in [0.5, 0.6) is 11.5 Å². The van der Waals surface area contributed by atoms with Crippen LogP contribution in [-0.2, 0) is 7.05 Å². The molecule has 0 saturated carbocycles. The number of amides is 1. The number of nitrogens with zero attached hydrogens (tertiary/aromatic N) is 6. The molecule has 2 aliphatic rings. The summed E-state index contributed by atoms with van der Waals surface area (Å²) in [6, 6.07) is 5.39. The van der Waals surface area contributed by atoms with E-state index in [4.69, 9.17) is 14.5 Å². The average molecular weight is 435 g/mol. The van der Waals surface area contributed by atoms with Gasteiger partial charge in [0.25, 0.3) is 5.91 Å². The van der Waals surface area contributed by atoms with Gasteiger partial charge in [0.2, 0.25) is 5.95 Å². The van der Waals surface area contributed by atoms with Crippen LogP contribution in [0, 0.1) is 0 Å². The van der Waals surface area contributed by atoms with Crippen LogP contribution >= 0.6 is 0 Å². The Kier molecular flexibility index (Phi) is 5.16. The lowest BCUT2D eigenvalue weighted by atomic mass is 9.97. The number of anilines is 1. The second kappa shape index (κ2) is 8.14. The lowest BCUT2D eigenvalue weighted by molar-refractivity contribution is 0.0789. The van der Waals surface area contributed by atoms with Crippen LogP contribution in [0.15, 0.2) is 36.8 Å². The van der Waals surface area contributed by atoms with E-state index in [2.05, 4.69) is 10.1 Å². The number of benzene rings is 1. The molecule has 9 nitrogen and oxygen atoms in total. The summed E-state index contributed by atoms with van der Waals surface area (Å²) in [6.45, 7) is 2.30. The van der Waals surface area contributed by atoms with E-state index in [9.17, 15) is 4.79 Å². The van der Waals surface area contributed by atoms with Gasteiger partial charge < -0.3 is 19.3 Å². The topological polar surface area (TPSA) is 85.6 Å². The van der Waals surface area contributed by atoms with Crippen LogP contribution in [0.25, 0.3) is 11.1 Å². The summed E-state index contributed by atoms with van der Waals surface area (Å²) < 4.78 is 13.0. The molecule has 9 heteroatoms. The van der Waals surface area contributed by atoms with Crippen molar-refractivity contribution < 1.29 is 14.3 Å². The number of aryl methyl sites for hydroxylation is 1. The maximum Gasteiger partial charge on any atom is 0.254 e. The molecule has 3 aromatic rings. The van der Waals surface area contributed by atoms with Gasteiger partial charge in [0.1, 0.15) is 13.2 Å². The molecule has 2 aromatic heterocycles. The van der Waals surface area contributed by atoms with Gasteiger partial charge in [-0.2, -0.15) is 5.10 Å². The van der Waals surface area contributed by atoms with Gasteiger partial charge in [-0.1, -0.05) is 0 Å². The summed E-state index contributed by atoms with van der Waals surface area (Å²) >= 11 is 0. The molecule has 0 N–H and O–H groups in total. The molecule has 1 amide bonds. The van der Waals surface area contributed by atoms with E-state index < -0.39 is 0 Å². The zero-order chi connectivity index (χ0) is 22.2. The molecule has 1 atom stereocenters. The molecular formula is C23H26N6O3. The average Bonchev–Trinajstić information content (AvgIpc) is 3.47. The standard InChI is InChI=1S/C23H26N6O3/c1-27(2)23-24-12-18(17-11-25-28(3)13-17)21(26-23)16-6-7-29(14-16)22(30)15-4-5-19-20(10-15)32-9-8-31-19/h4-5,10-13,16H,6-9,14H2,1-3H3. The van der Waals surface area contributed by atoms with E-state index in [0.29, 0.717) is 49.3 Å². The number of carbonyl (C=O) groups excluding carboxylic acids is 1. The molecule has 0 radical (unpaired) electrons. The van der Waals surface area contributed by atoms with E-state index in [1.807, 2.05) is 55.6 Å². The van der Waals surface area contributed by atoms with Crippen LogP contribution in [0.4, 0.5) is 5.95 Å². The molecule has 32 heavy (non-hydrogen) atoms. The highest BCUT2D eigenvalue weighted by Crippen LogP contribution is 2.36. The lowest BCUT2D eigenvalue weighted by Gasteiger charge is -2.21. The zero-order valence-corrected chi connectivity index (χ0v) is 18.5. The molecular weight excluding hydrogens is 408 g/mol. The number of carbonyl (C=O) groups is 1. The van der Waals surface area contributed by atoms with Gasteiger partial charge in [-0.25, -0.2) is 9.97 Å². The molecule has 0 bridgehead atoms. The van der Waals surface area contributed by atoms with Gasteiger partial charge in [0.15, 0.2) is 11.5 Å². The van der Waals surface area contributed by atoms with Gasteiger partial charge in [-0.3, -0.25) is 9.48 Å². The van der Waals surface area contributed by atoms with Crippen molar-refractivity contribution in [2.45, 2.75) is 12.3 Å². The second-order valence-corrected chi connectivity index (χ2v) is 8.36. The Morgan fingerprint density at radius 2 is 1.97 bits per heavy atom. The number of likely N-dealkylation sites (tertiary alicyclic amines) is 1. The molecule has 1 unspecified atom stereocenters. The van der Waals surface area contributed by atoms with Crippen molar-refractivity contribution in [2.24, 2.45) is 7.05 Å². The van der Waals surface area contributed by atoms with E-state index in [-0.39, 0.29) is 11.8 Å². The largest absolute Gasteiger partial charge is 0.486 e. The Morgan fingerprint density at radius 1 is 1.16 bits per heavy atom. The molecule has 1 aromatic carbocycles. The van der Waals surface area contributed by atoms with Gasteiger partial charge in [0.05, 0.1) is 11.9 Å². The van der Waals surface area contributed by atoms with Gasteiger partial charge >= 0.3 is 0 Å². The Morgan fingerprint density at radius 3 is 2.72 bits per heavy atom. The van der Waals surface area contributed by atoms with Crippen molar-refractivity contribution in [1.29, 1.82) is 0 Å². The fraction of sp³-hybridized carbons (Fsp3) is 0.391. The second-order valence-electron chi connectivity index (χ2n) is 8.36. The summed E-state index contributed by atoms with van der Waals surface area (Å²) in [5, 5.41) is 4.30. The Balaban J connectivity index is 1.41. The zero-order valence-electron chi connectivity index (χ0n) is 18.5. The molecule has 0 spiro atoms. The molecule has 166 valence electrons. The maximum atomic E-state index is 13.2. The molecule has 0 aliphatic carbocycles. The van der Waals surface area contributed by atoms with Gasteiger partial charge in [-0.05, 0) is 24.6 Å². The smallest absolute Gasteiger partial charge is 0.254 e. The van der Waals surface area contributed by atoms with Crippen LogP contribution in [-0.4, -0.2) is 71.0 Å². The molecule has 1 fully saturated rings. The Bertz CT molecular complexity index is 1160. The summed E-state index contributed by atoms with van der Waals surface area (Å²) in [5.41, 5.74) is 3.50. The highest BCUT2D eigenvalue weighted by atomic mass is 16.6. The Hall–Kier alpha value is -3.62. The van der Waals surface area contributed by atoms with Crippen LogP contribution in [0.1, 0.15) is 28.4 Å². The van der Waals surface area contributed by atoms with Gasteiger partial charge in [0, 0.05) is 69.2 Å². The highest BCUT2D eigenvalue weighted by molar-refractivity contribution is 5.95. The first-order valence-electron chi connectivity index (χ1n) is 10.7. The van der Waals surface area contributed by atoms with E-state index >= 15 is 0 Å². The Labute approximate surface area is 186 Å². The molecule has 1 saturated heterocycles. The van der Waals surface area contributed by atoms with Crippen LogP contribution in [0.3, 0.4) is 0 Å². The first-order chi connectivity index (χ1) is 15.5. The lowest BCUT2D eigenvalue weighted by Crippen LogP contribution is -2.29. The number of aromatic nitrogens is 4.